The van der Waals surface area contributed by atoms with Gasteiger partial charge in [0.05, 0.1) is 22.8 Å². The summed E-state index contributed by atoms with van der Waals surface area (Å²) in [5, 5.41) is 2.63. The van der Waals surface area contributed by atoms with Crippen LogP contribution in [0.4, 0.5) is 5.69 Å². The van der Waals surface area contributed by atoms with Crippen molar-refractivity contribution in [2.45, 2.75) is 24.5 Å². The molecular weight excluding hydrogens is 318 g/mol. The summed E-state index contributed by atoms with van der Waals surface area (Å²) >= 11 is 0. The van der Waals surface area contributed by atoms with Crippen LogP contribution in [-0.4, -0.2) is 25.4 Å². The maximum absolute atomic E-state index is 12.3. The van der Waals surface area contributed by atoms with Gasteiger partial charge in [0.1, 0.15) is 5.75 Å². The van der Waals surface area contributed by atoms with Crippen LogP contribution in [0.1, 0.15) is 12.6 Å². The molecule has 2 heterocycles. The number of pyridine rings is 1. The Hall–Kier alpha value is -2.45. The van der Waals surface area contributed by atoms with Crippen LogP contribution in [0.5, 0.6) is 5.75 Å². The van der Waals surface area contributed by atoms with Crippen LogP contribution in [0, 0.1) is 0 Å². The molecule has 1 aliphatic rings. The number of sulfonamides is 1. The SMILES string of the molecule is C[C@@H]1Oc2ccc(S(=O)(=O)NCc3ccccn3)cc2NC1=O. The zero-order chi connectivity index (χ0) is 16.4. The number of rotatable bonds is 4. The van der Waals surface area contributed by atoms with Crippen molar-refractivity contribution in [3.63, 3.8) is 0 Å². The van der Waals surface area contributed by atoms with E-state index >= 15 is 0 Å². The van der Waals surface area contributed by atoms with Crippen LogP contribution in [0.2, 0.25) is 0 Å². The normalized spacial score (nSPS) is 17.1. The fraction of sp³-hybridized carbons (Fsp3) is 0.200. The van der Waals surface area contributed by atoms with Crippen LogP contribution >= 0.6 is 0 Å². The van der Waals surface area contributed by atoms with E-state index < -0.39 is 16.1 Å². The fourth-order valence-corrected chi connectivity index (χ4v) is 3.13. The van der Waals surface area contributed by atoms with Gasteiger partial charge in [0, 0.05) is 6.20 Å². The number of nitrogens with zero attached hydrogens (tertiary/aromatic N) is 1. The van der Waals surface area contributed by atoms with Crippen molar-refractivity contribution < 1.29 is 17.9 Å². The summed E-state index contributed by atoms with van der Waals surface area (Å²) in [4.78, 5) is 15.7. The highest BCUT2D eigenvalue weighted by atomic mass is 32.2. The van der Waals surface area contributed by atoms with E-state index in [2.05, 4.69) is 15.0 Å². The third-order valence-electron chi connectivity index (χ3n) is 3.36. The summed E-state index contributed by atoms with van der Waals surface area (Å²) < 4.78 is 32.6. The van der Waals surface area contributed by atoms with Gasteiger partial charge in [-0.1, -0.05) is 6.07 Å². The van der Waals surface area contributed by atoms with Gasteiger partial charge in [0.25, 0.3) is 5.91 Å². The Morgan fingerprint density at radius 1 is 1.30 bits per heavy atom. The van der Waals surface area contributed by atoms with E-state index in [1.807, 2.05) is 0 Å². The van der Waals surface area contributed by atoms with Gasteiger partial charge in [-0.2, -0.15) is 0 Å². The van der Waals surface area contributed by atoms with Crippen molar-refractivity contribution >= 4 is 21.6 Å². The summed E-state index contributed by atoms with van der Waals surface area (Å²) in [5.41, 5.74) is 0.952. The lowest BCUT2D eigenvalue weighted by molar-refractivity contribution is -0.122. The topological polar surface area (TPSA) is 97.4 Å². The van der Waals surface area contributed by atoms with Gasteiger partial charge in [0.2, 0.25) is 10.0 Å². The smallest absolute Gasteiger partial charge is 0.265 e. The summed E-state index contributed by atoms with van der Waals surface area (Å²) in [6.07, 6.45) is 0.989. The molecule has 0 aliphatic carbocycles. The quantitative estimate of drug-likeness (QED) is 0.878. The minimum atomic E-state index is -3.72. The second-order valence-corrected chi connectivity index (χ2v) is 6.82. The number of hydrogen-bond donors (Lipinski definition) is 2. The number of nitrogens with one attached hydrogen (secondary N) is 2. The predicted octanol–water partition coefficient (Wildman–Crippen LogP) is 1.28. The maximum Gasteiger partial charge on any atom is 0.265 e. The number of ether oxygens (including phenoxy) is 1. The standard InChI is InChI=1S/C15H15N3O4S/c1-10-15(19)18-13-8-12(5-6-14(13)22-10)23(20,21)17-9-11-4-2-3-7-16-11/h2-8,10,17H,9H2,1H3,(H,18,19)/t10-/m0/s1. The number of carbonyl (C=O) groups excluding carboxylic acids is 1. The summed E-state index contributed by atoms with van der Waals surface area (Å²) in [6, 6.07) is 9.60. The van der Waals surface area contributed by atoms with Gasteiger partial charge in [-0.05, 0) is 37.3 Å². The van der Waals surface area contributed by atoms with Gasteiger partial charge in [-0.25, -0.2) is 13.1 Å². The third-order valence-corrected chi connectivity index (χ3v) is 4.76. The second kappa shape index (κ2) is 5.98. The van der Waals surface area contributed by atoms with Crippen molar-refractivity contribution in [3.05, 3.63) is 48.3 Å². The number of aromatic nitrogens is 1. The maximum atomic E-state index is 12.3. The number of fused-ring (bicyclic) bond motifs is 1. The minimum absolute atomic E-state index is 0.0469. The molecule has 120 valence electrons. The molecule has 0 spiro atoms. The minimum Gasteiger partial charge on any atom is -0.479 e. The van der Waals surface area contributed by atoms with Crippen molar-refractivity contribution in [3.8, 4) is 5.75 Å². The molecule has 1 atom stereocenters. The Morgan fingerprint density at radius 3 is 2.87 bits per heavy atom. The van der Waals surface area contributed by atoms with E-state index in [0.29, 0.717) is 17.1 Å². The molecular formula is C15H15N3O4S. The lowest BCUT2D eigenvalue weighted by Gasteiger charge is -2.23. The molecule has 7 nitrogen and oxygen atoms in total. The lowest BCUT2D eigenvalue weighted by atomic mass is 10.2. The zero-order valence-electron chi connectivity index (χ0n) is 12.3. The average Bonchev–Trinajstić information content (AvgIpc) is 2.55. The highest BCUT2D eigenvalue weighted by Crippen LogP contribution is 2.31. The number of anilines is 1. The molecule has 3 rings (SSSR count). The molecule has 0 saturated carbocycles. The molecule has 1 aromatic heterocycles. The average molecular weight is 333 g/mol. The Labute approximate surface area is 133 Å². The zero-order valence-corrected chi connectivity index (χ0v) is 13.1. The van der Waals surface area contributed by atoms with Gasteiger partial charge >= 0.3 is 0 Å². The highest BCUT2D eigenvalue weighted by Gasteiger charge is 2.25. The van der Waals surface area contributed by atoms with Crippen molar-refractivity contribution in [2.75, 3.05) is 5.32 Å². The molecule has 2 N–H and O–H groups in total. The van der Waals surface area contributed by atoms with Crippen LogP contribution in [0.25, 0.3) is 0 Å². The third kappa shape index (κ3) is 3.33. The number of hydrogen-bond acceptors (Lipinski definition) is 5. The molecule has 23 heavy (non-hydrogen) atoms. The molecule has 8 heteroatoms. The first-order valence-electron chi connectivity index (χ1n) is 6.97. The molecule has 0 radical (unpaired) electrons. The van der Waals surface area contributed by atoms with Gasteiger partial charge in [-0.15, -0.1) is 0 Å². The molecule has 0 unspecified atom stereocenters. The molecule has 1 aromatic carbocycles. The molecule has 0 saturated heterocycles. The summed E-state index contributed by atoms with van der Waals surface area (Å²) in [7, 11) is -3.72. The van der Waals surface area contributed by atoms with Crippen molar-refractivity contribution in [2.24, 2.45) is 0 Å². The molecule has 0 fully saturated rings. The monoisotopic (exact) mass is 333 g/mol. The van der Waals surface area contributed by atoms with E-state index in [9.17, 15) is 13.2 Å². The van der Waals surface area contributed by atoms with Gasteiger partial charge in [0.15, 0.2) is 6.10 Å². The number of benzene rings is 1. The molecule has 1 amide bonds. The first-order chi connectivity index (χ1) is 11.0. The fourth-order valence-electron chi connectivity index (χ4n) is 2.11. The van der Waals surface area contributed by atoms with Gasteiger partial charge < -0.3 is 10.1 Å². The Bertz CT molecular complexity index is 837. The summed E-state index contributed by atoms with van der Waals surface area (Å²) in [5.74, 6) is 0.134. The van der Waals surface area contributed by atoms with Crippen molar-refractivity contribution in [1.29, 1.82) is 0 Å². The highest BCUT2D eigenvalue weighted by molar-refractivity contribution is 7.89. The van der Waals surface area contributed by atoms with E-state index in [4.69, 9.17) is 4.74 Å². The van der Waals surface area contributed by atoms with Crippen LogP contribution < -0.4 is 14.8 Å². The van der Waals surface area contributed by atoms with Crippen molar-refractivity contribution in [1.82, 2.24) is 9.71 Å². The predicted molar refractivity (Wildman–Crippen MR) is 83.4 cm³/mol. The Morgan fingerprint density at radius 2 is 2.13 bits per heavy atom. The van der Waals surface area contributed by atoms with Crippen LogP contribution in [0.15, 0.2) is 47.5 Å². The second-order valence-electron chi connectivity index (χ2n) is 5.05. The summed E-state index contributed by atoms with van der Waals surface area (Å²) in [6.45, 7) is 1.71. The first kappa shape index (κ1) is 15.4. The Balaban J connectivity index is 1.81. The van der Waals surface area contributed by atoms with Gasteiger partial charge in [-0.3, -0.25) is 9.78 Å². The van der Waals surface area contributed by atoms with E-state index in [0.717, 1.165) is 0 Å². The number of carbonyl (C=O) groups is 1. The van der Waals surface area contributed by atoms with Crippen LogP contribution in [0.3, 0.4) is 0 Å². The van der Waals surface area contributed by atoms with E-state index in [-0.39, 0.29) is 17.3 Å². The lowest BCUT2D eigenvalue weighted by Crippen LogP contribution is -2.34. The van der Waals surface area contributed by atoms with E-state index in [1.54, 1.807) is 31.3 Å². The van der Waals surface area contributed by atoms with E-state index in [1.165, 1.54) is 18.2 Å². The largest absolute Gasteiger partial charge is 0.479 e. The first-order valence-corrected chi connectivity index (χ1v) is 8.45. The molecule has 2 aromatic rings. The molecule has 1 aliphatic heterocycles. The van der Waals surface area contributed by atoms with Crippen LogP contribution in [-0.2, 0) is 21.4 Å². The molecule has 0 bridgehead atoms. The Kier molecular flexibility index (Phi) is 4.01. The number of amides is 1.